The number of carbonyl (C=O) groups is 1. The summed E-state index contributed by atoms with van der Waals surface area (Å²) in [5.41, 5.74) is 0.624. The highest BCUT2D eigenvalue weighted by Crippen LogP contribution is 2.38. The monoisotopic (exact) mass is 397 g/mol. The molecule has 1 aromatic rings. The maximum absolute atomic E-state index is 12.7. The molecule has 0 spiro atoms. The molecule has 1 saturated heterocycles. The molecule has 2 fully saturated rings. The van der Waals surface area contributed by atoms with Crippen molar-refractivity contribution in [2.75, 3.05) is 0 Å². The van der Waals surface area contributed by atoms with Crippen molar-refractivity contribution in [3.8, 4) is 5.75 Å². The van der Waals surface area contributed by atoms with Crippen LogP contribution in [0.15, 0.2) is 27.6 Å². The number of rotatable bonds is 2. The topological polar surface area (TPSA) is 40.5 Å². The average Bonchev–Trinajstić information content (AvgIpc) is 2.78. The molecule has 1 aromatic carbocycles. The minimum atomic E-state index is -0.0266. The Balaban J connectivity index is 1.86. The van der Waals surface area contributed by atoms with Gasteiger partial charge < -0.3 is 5.11 Å². The summed E-state index contributed by atoms with van der Waals surface area (Å²) in [6, 6.07) is 5.41. The Kier molecular flexibility index (Phi) is 4.90. The smallest absolute Gasteiger partial charge is 0.266 e. The van der Waals surface area contributed by atoms with Crippen molar-refractivity contribution in [3.05, 3.63) is 33.1 Å². The lowest BCUT2D eigenvalue weighted by atomic mass is 9.94. The highest BCUT2D eigenvalue weighted by atomic mass is 79.9. The molecule has 1 saturated carbocycles. The van der Waals surface area contributed by atoms with E-state index in [4.69, 9.17) is 12.2 Å². The first-order chi connectivity index (χ1) is 10.6. The molecule has 0 atom stereocenters. The highest BCUT2D eigenvalue weighted by molar-refractivity contribution is 9.10. The molecule has 116 valence electrons. The van der Waals surface area contributed by atoms with Crippen LogP contribution in [0.25, 0.3) is 6.08 Å². The molecule has 1 N–H and O–H groups in total. The van der Waals surface area contributed by atoms with E-state index in [9.17, 15) is 9.90 Å². The van der Waals surface area contributed by atoms with Crippen LogP contribution in [0.3, 0.4) is 0 Å². The van der Waals surface area contributed by atoms with Crippen LogP contribution in [-0.2, 0) is 4.79 Å². The number of halogens is 1. The Morgan fingerprint density at radius 3 is 2.77 bits per heavy atom. The molecule has 1 amide bonds. The maximum Gasteiger partial charge on any atom is 0.266 e. The van der Waals surface area contributed by atoms with E-state index >= 15 is 0 Å². The minimum Gasteiger partial charge on any atom is -0.507 e. The predicted molar refractivity (Wildman–Crippen MR) is 97.7 cm³/mol. The second-order valence-electron chi connectivity index (χ2n) is 5.55. The molecule has 0 radical (unpaired) electrons. The van der Waals surface area contributed by atoms with Crippen LogP contribution in [-0.4, -0.2) is 26.3 Å². The fraction of sp³-hybridized carbons (Fsp3) is 0.375. The molecule has 3 rings (SSSR count). The van der Waals surface area contributed by atoms with E-state index in [0.717, 1.165) is 30.2 Å². The van der Waals surface area contributed by atoms with Crippen molar-refractivity contribution in [2.24, 2.45) is 0 Å². The molecule has 0 unspecified atom stereocenters. The van der Waals surface area contributed by atoms with Gasteiger partial charge in [-0.3, -0.25) is 9.69 Å². The van der Waals surface area contributed by atoms with E-state index in [1.54, 1.807) is 29.2 Å². The summed E-state index contributed by atoms with van der Waals surface area (Å²) in [6.07, 6.45) is 7.35. The van der Waals surface area contributed by atoms with Crippen LogP contribution >= 0.6 is 39.9 Å². The molecule has 3 nitrogen and oxygen atoms in total. The first-order valence-corrected chi connectivity index (χ1v) is 9.33. The number of hydrogen-bond donors (Lipinski definition) is 1. The SMILES string of the molecule is O=C1/C(=C/c2cc(Br)ccc2O)SC(=S)N1C1CCCCC1. The fourth-order valence-electron chi connectivity index (χ4n) is 2.92. The zero-order valence-corrected chi connectivity index (χ0v) is 15.1. The van der Waals surface area contributed by atoms with Gasteiger partial charge in [0.05, 0.1) is 4.91 Å². The molecular weight excluding hydrogens is 382 g/mol. The summed E-state index contributed by atoms with van der Waals surface area (Å²) in [7, 11) is 0. The first-order valence-electron chi connectivity index (χ1n) is 7.32. The van der Waals surface area contributed by atoms with Crippen molar-refractivity contribution in [1.82, 2.24) is 4.90 Å². The third-order valence-electron chi connectivity index (χ3n) is 4.04. The standard InChI is InChI=1S/C16H16BrNO2S2/c17-11-6-7-13(19)10(8-11)9-14-15(20)18(16(21)22-14)12-4-2-1-3-5-12/h6-9,12,19H,1-5H2/b14-9-. The summed E-state index contributed by atoms with van der Waals surface area (Å²) < 4.78 is 1.50. The van der Waals surface area contributed by atoms with Gasteiger partial charge in [-0.25, -0.2) is 0 Å². The maximum atomic E-state index is 12.7. The van der Waals surface area contributed by atoms with E-state index in [1.807, 2.05) is 0 Å². The van der Waals surface area contributed by atoms with Crippen LogP contribution < -0.4 is 0 Å². The van der Waals surface area contributed by atoms with Crippen LogP contribution in [0.1, 0.15) is 37.7 Å². The van der Waals surface area contributed by atoms with Crippen molar-refractivity contribution in [1.29, 1.82) is 0 Å². The number of carbonyl (C=O) groups excluding carboxylic acids is 1. The minimum absolute atomic E-state index is 0.0266. The number of hydrogen-bond acceptors (Lipinski definition) is 4. The van der Waals surface area contributed by atoms with Crippen molar-refractivity contribution in [2.45, 2.75) is 38.1 Å². The van der Waals surface area contributed by atoms with Crippen LogP contribution in [0.5, 0.6) is 5.75 Å². The number of phenols is 1. The van der Waals surface area contributed by atoms with Gasteiger partial charge in [0.25, 0.3) is 5.91 Å². The zero-order valence-electron chi connectivity index (χ0n) is 11.9. The molecule has 1 heterocycles. The number of phenolic OH excluding ortho intramolecular Hbond substituents is 1. The fourth-order valence-corrected chi connectivity index (χ4v) is 4.69. The van der Waals surface area contributed by atoms with Gasteiger partial charge >= 0.3 is 0 Å². The third kappa shape index (κ3) is 3.24. The lowest BCUT2D eigenvalue weighted by Gasteiger charge is -2.29. The van der Waals surface area contributed by atoms with E-state index < -0.39 is 0 Å². The number of amides is 1. The molecule has 2 aliphatic rings. The van der Waals surface area contributed by atoms with Crippen LogP contribution in [0, 0.1) is 0 Å². The second kappa shape index (κ2) is 6.72. The Labute approximate surface area is 147 Å². The lowest BCUT2D eigenvalue weighted by Crippen LogP contribution is -2.39. The number of nitrogens with zero attached hydrogens (tertiary/aromatic N) is 1. The molecule has 6 heteroatoms. The number of thioether (sulfide) groups is 1. The van der Waals surface area contributed by atoms with E-state index in [0.29, 0.717) is 14.8 Å². The Morgan fingerprint density at radius 1 is 1.32 bits per heavy atom. The predicted octanol–water partition coefficient (Wildman–Crippen LogP) is 4.69. The molecule has 0 bridgehead atoms. The summed E-state index contributed by atoms with van der Waals surface area (Å²) in [6.45, 7) is 0. The average molecular weight is 398 g/mol. The molecule has 0 aromatic heterocycles. The number of aromatic hydroxyl groups is 1. The van der Waals surface area contributed by atoms with Gasteiger partial charge in [-0.05, 0) is 37.1 Å². The summed E-state index contributed by atoms with van der Waals surface area (Å²) >= 11 is 10.1. The zero-order chi connectivity index (χ0) is 15.7. The normalized spacial score (nSPS) is 21.9. The van der Waals surface area contributed by atoms with E-state index in [2.05, 4.69) is 15.9 Å². The summed E-state index contributed by atoms with van der Waals surface area (Å²) in [4.78, 5) is 15.0. The van der Waals surface area contributed by atoms with Crippen LogP contribution in [0.4, 0.5) is 0 Å². The Bertz CT molecular complexity index is 654. The highest BCUT2D eigenvalue weighted by Gasteiger charge is 2.37. The first kappa shape index (κ1) is 16.0. The van der Waals surface area contributed by atoms with Gasteiger partial charge in [-0.1, -0.05) is 59.2 Å². The quantitative estimate of drug-likeness (QED) is 0.580. The van der Waals surface area contributed by atoms with Gasteiger partial charge in [0, 0.05) is 16.1 Å². The number of benzene rings is 1. The van der Waals surface area contributed by atoms with Gasteiger partial charge in [0.1, 0.15) is 10.1 Å². The molecule has 22 heavy (non-hydrogen) atoms. The van der Waals surface area contributed by atoms with Crippen molar-refractivity contribution < 1.29 is 9.90 Å². The lowest BCUT2D eigenvalue weighted by molar-refractivity contribution is -0.124. The number of thiocarbonyl (C=S) groups is 1. The van der Waals surface area contributed by atoms with Crippen LogP contribution in [0.2, 0.25) is 0 Å². The molecule has 1 aliphatic carbocycles. The Morgan fingerprint density at radius 2 is 2.05 bits per heavy atom. The van der Waals surface area contributed by atoms with E-state index in [1.165, 1.54) is 18.2 Å². The van der Waals surface area contributed by atoms with E-state index in [-0.39, 0.29) is 17.7 Å². The van der Waals surface area contributed by atoms with Gasteiger partial charge in [0.15, 0.2) is 0 Å². The third-order valence-corrected chi connectivity index (χ3v) is 5.86. The second-order valence-corrected chi connectivity index (χ2v) is 8.14. The summed E-state index contributed by atoms with van der Waals surface area (Å²) in [5.74, 6) is 0.132. The van der Waals surface area contributed by atoms with Gasteiger partial charge in [0.2, 0.25) is 0 Å². The largest absolute Gasteiger partial charge is 0.507 e. The van der Waals surface area contributed by atoms with Gasteiger partial charge in [-0.15, -0.1) is 0 Å². The summed E-state index contributed by atoms with van der Waals surface area (Å²) in [5, 5.41) is 9.93. The van der Waals surface area contributed by atoms with Crippen molar-refractivity contribution in [3.63, 3.8) is 0 Å². The molecule has 1 aliphatic heterocycles. The molecular formula is C16H16BrNO2S2. The van der Waals surface area contributed by atoms with Crippen molar-refractivity contribution >= 4 is 56.2 Å². The van der Waals surface area contributed by atoms with Gasteiger partial charge in [-0.2, -0.15) is 0 Å². The Hall–Kier alpha value is -0.850.